The Morgan fingerprint density at radius 3 is 2.71 bits per heavy atom. The topological polar surface area (TPSA) is 122 Å². The second-order valence-electron chi connectivity index (χ2n) is 8.26. The Hall–Kier alpha value is -3.24. The van der Waals surface area contributed by atoms with E-state index in [9.17, 15) is 9.59 Å². The van der Waals surface area contributed by atoms with E-state index >= 15 is 0 Å². The molecular formula is C24H26N4O3. The summed E-state index contributed by atoms with van der Waals surface area (Å²) in [6.07, 6.45) is 9.08. The number of primary amides is 1. The van der Waals surface area contributed by atoms with E-state index in [1.807, 2.05) is 18.2 Å². The monoisotopic (exact) mass is 418 g/mol. The Bertz CT molecular complexity index is 1070. The van der Waals surface area contributed by atoms with Gasteiger partial charge in [-0.05, 0) is 60.8 Å². The number of carbonyl (C=O) groups excluding carboxylic acids is 2. The van der Waals surface area contributed by atoms with Gasteiger partial charge in [0.05, 0.1) is 11.6 Å². The first-order chi connectivity index (χ1) is 15.0. The predicted octanol–water partition coefficient (Wildman–Crippen LogP) is 3.20. The normalized spacial score (nSPS) is 18.1. The van der Waals surface area contributed by atoms with Crippen LogP contribution in [0.25, 0.3) is 5.57 Å². The molecule has 7 heteroatoms. The van der Waals surface area contributed by atoms with Gasteiger partial charge in [-0.15, -0.1) is 0 Å². The quantitative estimate of drug-likeness (QED) is 0.698. The van der Waals surface area contributed by atoms with Crippen LogP contribution in [0.4, 0.5) is 0 Å². The minimum absolute atomic E-state index is 0.165. The van der Waals surface area contributed by atoms with E-state index in [1.54, 1.807) is 0 Å². The number of amides is 1. The maximum atomic E-state index is 12.8. The lowest BCUT2D eigenvalue weighted by atomic mass is 9.72. The molecule has 0 bridgehead atoms. The zero-order valence-electron chi connectivity index (χ0n) is 17.4. The number of nitrogens with one attached hydrogen (secondary N) is 1. The highest BCUT2D eigenvalue weighted by Crippen LogP contribution is 2.38. The molecule has 1 fully saturated rings. The molecule has 0 radical (unpaired) electrons. The molecule has 3 N–H and O–H groups in total. The number of carbonyl (C=O) groups is 2. The number of hydrogen-bond acceptors (Lipinski definition) is 5. The molecule has 1 aromatic carbocycles. The summed E-state index contributed by atoms with van der Waals surface area (Å²) in [5.41, 5.74) is 9.39. The Labute approximate surface area is 181 Å². The molecule has 160 valence electrons. The van der Waals surface area contributed by atoms with E-state index < -0.39 is 5.41 Å². The third-order valence-corrected chi connectivity index (χ3v) is 6.43. The molecule has 0 unspecified atom stereocenters. The fraction of sp³-hybridized carbons (Fsp3) is 0.417. The molecular weight excluding hydrogens is 392 g/mol. The van der Waals surface area contributed by atoms with Gasteiger partial charge in [-0.25, -0.2) is 4.98 Å². The first-order valence-corrected chi connectivity index (χ1v) is 10.7. The van der Waals surface area contributed by atoms with Gasteiger partial charge in [-0.3, -0.25) is 9.59 Å². The number of benzene rings is 1. The smallest absolute Gasteiger partial charge is 0.228 e. The molecule has 1 aliphatic carbocycles. The molecule has 31 heavy (non-hydrogen) atoms. The van der Waals surface area contributed by atoms with Crippen molar-refractivity contribution in [2.45, 2.75) is 50.4 Å². The van der Waals surface area contributed by atoms with Crippen LogP contribution in [0, 0.1) is 11.3 Å². The molecule has 4 rings (SSSR count). The van der Waals surface area contributed by atoms with E-state index in [4.69, 9.17) is 15.7 Å². The summed E-state index contributed by atoms with van der Waals surface area (Å²) in [6, 6.07) is 7.87. The van der Waals surface area contributed by atoms with Crippen molar-refractivity contribution in [1.82, 2.24) is 9.97 Å². The molecule has 1 saturated heterocycles. The van der Waals surface area contributed by atoms with E-state index in [2.05, 4.69) is 22.1 Å². The summed E-state index contributed by atoms with van der Waals surface area (Å²) in [4.78, 5) is 32.1. The largest absolute Gasteiger partial charge is 0.381 e. The highest BCUT2D eigenvalue weighted by Gasteiger charge is 2.40. The van der Waals surface area contributed by atoms with Crippen molar-refractivity contribution in [3.63, 3.8) is 0 Å². The van der Waals surface area contributed by atoms with Gasteiger partial charge >= 0.3 is 0 Å². The molecule has 1 aromatic heterocycles. The third kappa shape index (κ3) is 4.17. The fourth-order valence-corrected chi connectivity index (χ4v) is 4.58. The second kappa shape index (κ2) is 8.86. The summed E-state index contributed by atoms with van der Waals surface area (Å²) in [5, 5.41) is 8.97. The van der Waals surface area contributed by atoms with Crippen LogP contribution < -0.4 is 5.73 Å². The number of Topliss-reactive ketones (excluding diaryl/α,β-unsaturated/α-hetero) is 1. The predicted molar refractivity (Wildman–Crippen MR) is 115 cm³/mol. The van der Waals surface area contributed by atoms with Crippen molar-refractivity contribution in [3.8, 4) is 6.07 Å². The molecule has 1 amide bonds. The van der Waals surface area contributed by atoms with Crippen molar-refractivity contribution in [3.05, 3.63) is 58.7 Å². The lowest BCUT2D eigenvalue weighted by molar-refractivity contribution is -0.127. The maximum Gasteiger partial charge on any atom is 0.228 e. The minimum Gasteiger partial charge on any atom is -0.381 e. The lowest BCUT2D eigenvalue weighted by Gasteiger charge is -2.35. The van der Waals surface area contributed by atoms with Crippen LogP contribution >= 0.6 is 0 Å². The Balaban J connectivity index is 1.73. The van der Waals surface area contributed by atoms with Gasteiger partial charge in [-0.1, -0.05) is 24.3 Å². The van der Waals surface area contributed by atoms with E-state index in [1.165, 1.54) is 11.8 Å². The summed E-state index contributed by atoms with van der Waals surface area (Å²) in [5.74, 6) is -0.326. The number of nitriles is 1. The maximum absolute atomic E-state index is 12.8. The number of imidazole rings is 1. The number of nitrogens with two attached hydrogens (primary N) is 1. The molecule has 2 aliphatic rings. The van der Waals surface area contributed by atoms with Crippen LogP contribution in [-0.2, 0) is 21.4 Å². The SMILES string of the molecule is N#Cc1cnc(C(=O)Cc2ccc(C3(C(N)=O)CCOCC3)cc2C2=CCCCC2)[nH]1. The number of nitrogens with zero attached hydrogens (tertiary/aromatic N) is 2. The minimum atomic E-state index is -0.743. The average Bonchev–Trinajstić information content (AvgIpc) is 3.30. The number of hydrogen-bond donors (Lipinski definition) is 2. The number of allylic oxidation sites excluding steroid dienone is 2. The van der Waals surface area contributed by atoms with Crippen molar-refractivity contribution in [1.29, 1.82) is 5.26 Å². The van der Waals surface area contributed by atoms with Crippen LogP contribution in [-0.4, -0.2) is 34.9 Å². The number of rotatable bonds is 6. The molecule has 7 nitrogen and oxygen atoms in total. The highest BCUT2D eigenvalue weighted by molar-refractivity contribution is 5.95. The van der Waals surface area contributed by atoms with Crippen LogP contribution in [0.1, 0.15) is 71.5 Å². The van der Waals surface area contributed by atoms with Gasteiger partial charge in [0.15, 0.2) is 5.82 Å². The molecule has 2 heterocycles. The van der Waals surface area contributed by atoms with Crippen LogP contribution in [0.5, 0.6) is 0 Å². The fourth-order valence-electron chi connectivity index (χ4n) is 4.58. The van der Waals surface area contributed by atoms with Gasteiger partial charge in [0.1, 0.15) is 11.8 Å². The number of ketones is 1. The average molecular weight is 418 g/mol. The van der Waals surface area contributed by atoms with Gasteiger partial charge in [0.2, 0.25) is 11.7 Å². The van der Waals surface area contributed by atoms with Crippen molar-refractivity contribution in [2.24, 2.45) is 5.73 Å². The van der Waals surface area contributed by atoms with Crippen LogP contribution in [0.2, 0.25) is 0 Å². The van der Waals surface area contributed by atoms with Crippen LogP contribution in [0.15, 0.2) is 30.5 Å². The summed E-state index contributed by atoms with van der Waals surface area (Å²) in [6.45, 7) is 1.00. The standard InChI is InChI=1S/C24H26N4O3/c25-14-19-15-27-22(28-19)21(29)12-17-6-7-18(13-20(17)16-4-2-1-3-5-16)24(23(26)30)8-10-31-11-9-24/h4,6-7,13,15H,1-3,5,8-12H2,(H2,26,30)(H,27,28). The van der Waals surface area contributed by atoms with Crippen molar-refractivity contribution in [2.75, 3.05) is 13.2 Å². The highest BCUT2D eigenvalue weighted by atomic mass is 16.5. The Kier molecular flexibility index (Phi) is 6.01. The zero-order chi connectivity index (χ0) is 21.8. The van der Waals surface area contributed by atoms with E-state index in [0.29, 0.717) is 26.1 Å². The molecule has 0 spiro atoms. The van der Waals surface area contributed by atoms with Gasteiger partial charge < -0.3 is 15.5 Å². The zero-order valence-corrected chi connectivity index (χ0v) is 17.4. The summed E-state index contributed by atoms with van der Waals surface area (Å²) < 4.78 is 5.48. The third-order valence-electron chi connectivity index (χ3n) is 6.43. The summed E-state index contributed by atoms with van der Waals surface area (Å²) in [7, 11) is 0. The Morgan fingerprint density at radius 2 is 2.06 bits per heavy atom. The van der Waals surface area contributed by atoms with Crippen molar-refractivity contribution >= 4 is 17.3 Å². The molecule has 0 saturated carbocycles. The Morgan fingerprint density at radius 1 is 1.26 bits per heavy atom. The van der Waals surface area contributed by atoms with E-state index in [0.717, 1.165) is 42.4 Å². The second-order valence-corrected chi connectivity index (χ2v) is 8.26. The van der Waals surface area contributed by atoms with Crippen molar-refractivity contribution < 1.29 is 14.3 Å². The van der Waals surface area contributed by atoms with Gasteiger partial charge in [-0.2, -0.15) is 5.26 Å². The molecule has 1 aliphatic heterocycles. The van der Waals surface area contributed by atoms with E-state index in [-0.39, 0.29) is 29.6 Å². The first-order valence-electron chi connectivity index (χ1n) is 10.7. The lowest BCUT2D eigenvalue weighted by Crippen LogP contribution is -2.45. The number of H-pyrrole nitrogens is 1. The molecule has 0 atom stereocenters. The molecule has 2 aromatic rings. The number of aromatic nitrogens is 2. The first kappa shape index (κ1) is 21.0. The summed E-state index contributed by atoms with van der Waals surface area (Å²) >= 11 is 0. The number of ether oxygens (including phenoxy) is 1. The van der Waals surface area contributed by atoms with Gasteiger partial charge in [0, 0.05) is 19.6 Å². The van der Waals surface area contributed by atoms with Gasteiger partial charge in [0.25, 0.3) is 0 Å². The van der Waals surface area contributed by atoms with Crippen LogP contribution in [0.3, 0.4) is 0 Å². The number of aromatic amines is 1.